The number of aromatic hydroxyl groups is 1. The van der Waals surface area contributed by atoms with Gasteiger partial charge in [-0.05, 0) is 30.7 Å². The number of hydrogen-bond acceptors (Lipinski definition) is 6. The van der Waals surface area contributed by atoms with Crippen LogP contribution in [0, 0.1) is 10.1 Å². The summed E-state index contributed by atoms with van der Waals surface area (Å²) in [5.74, 6) is -0.109. The van der Waals surface area contributed by atoms with E-state index in [0.29, 0.717) is 13.1 Å². The van der Waals surface area contributed by atoms with Crippen LogP contribution in [0.2, 0.25) is 0 Å². The Morgan fingerprint density at radius 2 is 1.79 bits per heavy atom. The molecule has 1 N–H and O–H groups in total. The Morgan fingerprint density at radius 1 is 1.18 bits per heavy atom. The van der Waals surface area contributed by atoms with Crippen LogP contribution in [0.25, 0.3) is 0 Å². The van der Waals surface area contributed by atoms with E-state index in [1.807, 2.05) is 0 Å². The van der Waals surface area contributed by atoms with Crippen molar-refractivity contribution >= 4 is 21.9 Å². The third-order valence-electron chi connectivity index (χ3n) is 4.36. The summed E-state index contributed by atoms with van der Waals surface area (Å²) >= 11 is 0. The van der Waals surface area contributed by atoms with E-state index < -0.39 is 14.9 Å². The first-order valence-corrected chi connectivity index (χ1v) is 10.2. The van der Waals surface area contributed by atoms with Crippen LogP contribution in [-0.4, -0.2) is 42.1 Å². The predicted molar refractivity (Wildman–Crippen MR) is 107 cm³/mol. The molecule has 1 atom stereocenters. The van der Waals surface area contributed by atoms with Gasteiger partial charge in [-0.2, -0.15) is 4.31 Å². The molecular formula is C19H23N3O5S. The molecule has 2 aromatic rings. The highest BCUT2D eigenvalue weighted by molar-refractivity contribution is 7.89. The fourth-order valence-electron chi connectivity index (χ4n) is 2.67. The summed E-state index contributed by atoms with van der Waals surface area (Å²) in [4.78, 5) is 14.8. The van der Waals surface area contributed by atoms with Crippen LogP contribution in [0.3, 0.4) is 0 Å². The molecular weight excluding hydrogens is 382 g/mol. The van der Waals surface area contributed by atoms with Crippen LogP contribution in [0.4, 0.5) is 5.69 Å². The minimum atomic E-state index is -3.52. The number of phenolic OH excluding ortho intramolecular Hbond substituents is 1. The first-order valence-electron chi connectivity index (χ1n) is 8.81. The number of sulfonamides is 1. The summed E-state index contributed by atoms with van der Waals surface area (Å²) in [7, 11) is -3.52. The molecule has 0 aliphatic heterocycles. The molecule has 8 nitrogen and oxygen atoms in total. The van der Waals surface area contributed by atoms with Crippen LogP contribution in [0.15, 0.2) is 52.4 Å². The average Bonchev–Trinajstić information content (AvgIpc) is 2.67. The number of aliphatic imine (C=N–C) groups is 1. The zero-order valence-corrected chi connectivity index (χ0v) is 16.8. The highest BCUT2D eigenvalue weighted by Gasteiger charge is 2.21. The number of hydrogen-bond donors (Lipinski definition) is 1. The van der Waals surface area contributed by atoms with Gasteiger partial charge in [-0.1, -0.05) is 26.0 Å². The van der Waals surface area contributed by atoms with Gasteiger partial charge in [-0.15, -0.1) is 0 Å². The largest absolute Gasteiger partial charge is 0.507 e. The zero-order chi connectivity index (χ0) is 20.9. The lowest BCUT2D eigenvalue weighted by molar-refractivity contribution is -0.384. The molecule has 0 amide bonds. The maximum absolute atomic E-state index is 12.5. The highest BCUT2D eigenvalue weighted by Crippen LogP contribution is 2.24. The molecule has 0 heterocycles. The van der Waals surface area contributed by atoms with Crippen molar-refractivity contribution in [3.05, 3.63) is 63.7 Å². The molecule has 0 aliphatic rings. The monoisotopic (exact) mass is 405 g/mol. The van der Waals surface area contributed by atoms with Gasteiger partial charge in [0.2, 0.25) is 10.0 Å². The Balaban J connectivity index is 2.22. The standard InChI is InChI=1S/C19H23N3O5S/c1-4-21(5-2)28(26,27)18-9-6-15(7-10-18)14(3)20-13-16-12-17(22(24)25)8-11-19(16)23/h6-14,23H,4-5H2,1-3H3/t14-/m0/s1. The van der Waals surface area contributed by atoms with Crippen molar-refractivity contribution in [1.82, 2.24) is 4.31 Å². The molecule has 150 valence electrons. The molecule has 0 saturated heterocycles. The second kappa shape index (κ2) is 8.94. The van der Waals surface area contributed by atoms with Crippen molar-refractivity contribution in [2.75, 3.05) is 13.1 Å². The molecule has 0 aromatic heterocycles. The Bertz CT molecular complexity index is 968. The van der Waals surface area contributed by atoms with Crippen molar-refractivity contribution in [2.45, 2.75) is 31.7 Å². The van der Waals surface area contributed by atoms with E-state index in [1.54, 1.807) is 45.0 Å². The molecule has 0 aliphatic carbocycles. The van der Waals surface area contributed by atoms with Gasteiger partial charge in [0.15, 0.2) is 0 Å². The predicted octanol–water partition coefficient (Wildman–Crippen LogP) is 3.51. The lowest BCUT2D eigenvalue weighted by atomic mass is 10.1. The van der Waals surface area contributed by atoms with Crippen molar-refractivity contribution in [2.24, 2.45) is 4.99 Å². The quantitative estimate of drug-likeness (QED) is 0.410. The summed E-state index contributed by atoms with van der Waals surface area (Å²) in [6, 6.07) is 9.83. The molecule has 0 spiro atoms. The Morgan fingerprint density at radius 3 is 2.32 bits per heavy atom. The first kappa shape index (κ1) is 21.5. The van der Waals surface area contributed by atoms with E-state index in [1.165, 1.54) is 28.7 Å². The Labute approximate surface area is 164 Å². The third-order valence-corrected chi connectivity index (χ3v) is 6.43. The molecule has 0 bridgehead atoms. The van der Waals surface area contributed by atoms with Gasteiger partial charge >= 0.3 is 0 Å². The van der Waals surface area contributed by atoms with Gasteiger partial charge in [0.1, 0.15) is 5.75 Å². The summed E-state index contributed by atoms with van der Waals surface area (Å²) in [5.41, 5.74) is 0.874. The van der Waals surface area contributed by atoms with E-state index in [4.69, 9.17) is 0 Å². The van der Waals surface area contributed by atoms with Crippen molar-refractivity contribution in [1.29, 1.82) is 0 Å². The van der Waals surface area contributed by atoms with Crippen LogP contribution in [0.1, 0.15) is 37.9 Å². The summed E-state index contributed by atoms with van der Waals surface area (Å²) in [6.45, 7) is 6.17. The molecule has 0 fully saturated rings. The van der Waals surface area contributed by atoms with Crippen molar-refractivity contribution < 1.29 is 18.4 Å². The van der Waals surface area contributed by atoms with Gasteiger partial charge in [0.05, 0.1) is 15.9 Å². The summed E-state index contributed by atoms with van der Waals surface area (Å²) in [5, 5.41) is 20.7. The maximum atomic E-state index is 12.5. The van der Waals surface area contributed by atoms with Gasteiger partial charge < -0.3 is 5.11 Å². The third kappa shape index (κ3) is 4.73. The van der Waals surface area contributed by atoms with Crippen molar-refractivity contribution in [3.8, 4) is 5.75 Å². The Kier molecular flexibility index (Phi) is 6.87. The zero-order valence-electron chi connectivity index (χ0n) is 15.9. The number of phenols is 1. The van der Waals surface area contributed by atoms with Gasteiger partial charge in [0.25, 0.3) is 5.69 Å². The second-order valence-corrected chi connectivity index (χ2v) is 8.05. The number of rotatable bonds is 8. The number of nitro groups is 1. The number of non-ortho nitro benzene ring substituents is 1. The van der Waals surface area contributed by atoms with E-state index in [2.05, 4.69) is 4.99 Å². The van der Waals surface area contributed by atoms with Crippen LogP contribution in [0.5, 0.6) is 5.75 Å². The second-order valence-electron chi connectivity index (χ2n) is 6.11. The lowest BCUT2D eigenvalue weighted by Gasteiger charge is -2.18. The van der Waals surface area contributed by atoms with Crippen molar-refractivity contribution in [3.63, 3.8) is 0 Å². The Hall–Kier alpha value is -2.78. The average molecular weight is 405 g/mol. The molecule has 0 saturated carbocycles. The fourth-order valence-corrected chi connectivity index (χ4v) is 4.13. The SMILES string of the molecule is CCN(CC)S(=O)(=O)c1ccc([C@H](C)N=Cc2cc([N+](=O)[O-])ccc2O)cc1. The van der Waals surface area contributed by atoms with Crippen LogP contribution in [-0.2, 0) is 10.0 Å². The molecule has 0 radical (unpaired) electrons. The number of benzene rings is 2. The molecule has 9 heteroatoms. The van der Waals surface area contributed by atoms with E-state index >= 15 is 0 Å². The molecule has 2 rings (SSSR count). The summed E-state index contributed by atoms with van der Waals surface area (Å²) < 4.78 is 26.4. The van der Waals surface area contributed by atoms with E-state index in [-0.39, 0.29) is 27.9 Å². The minimum absolute atomic E-state index is 0.109. The van der Waals surface area contributed by atoms with E-state index in [0.717, 1.165) is 5.56 Å². The number of nitro benzene ring substituents is 1. The maximum Gasteiger partial charge on any atom is 0.270 e. The van der Waals surface area contributed by atoms with E-state index in [9.17, 15) is 23.6 Å². The first-order chi connectivity index (χ1) is 13.2. The molecule has 2 aromatic carbocycles. The van der Waals surface area contributed by atoms with Gasteiger partial charge in [-0.25, -0.2) is 8.42 Å². The fraction of sp³-hybridized carbons (Fsp3) is 0.316. The summed E-state index contributed by atoms with van der Waals surface area (Å²) in [6.07, 6.45) is 1.37. The molecule has 28 heavy (non-hydrogen) atoms. The van der Waals surface area contributed by atoms with Gasteiger partial charge in [-0.3, -0.25) is 15.1 Å². The smallest absolute Gasteiger partial charge is 0.270 e. The van der Waals surface area contributed by atoms with Crippen LogP contribution < -0.4 is 0 Å². The highest BCUT2D eigenvalue weighted by atomic mass is 32.2. The number of nitrogens with zero attached hydrogens (tertiary/aromatic N) is 3. The normalized spacial score (nSPS) is 13.1. The van der Waals surface area contributed by atoms with Crippen LogP contribution >= 0.6 is 0 Å². The van der Waals surface area contributed by atoms with Gasteiger partial charge in [0, 0.05) is 37.0 Å². The molecule has 0 unspecified atom stereocenters. The minimum Gasteiger partial charge on any atom is -0.507 e. The topological polar surface area (TPSA) is 113 Å². The lowest BCUT2D eigenvalue weighted by Crippen LogP contribution is -2.30.